The molecule has 0 saturated heterocycles. The highest BCUT2D eigenvalue weighted by Crippen LogP contribution is 2.42. The summed E-state index contributed by atoms with van der Waals surface area (Å²) in [5, 5.41) is 21.1. The smallest absolute Gasteiger partial charge is 0.375 e. The molecule has 1 amide bonds. The number of nitrogen functional groups attached to an aromatic ring is 1. The normalized spacial score (nSPS) is 11.7. The molecule has 0 bridgehead atoms. The monoisotopic (exact) mass is 622 g/mol. The summed E-state index contributed by atoms with van der Waals surface area (Å²) in [5.41, 5.74) is 1.20. The first-order chi connectivity index (χ1) is 17.5. The average Bonchev–Trinajstić information content (AvgIpc) is 3.37. The minimum Gasteiger partial charge on any atom is -0.375 e. The van der Waals surface area contributed by atoms with Gasteiger partial charge < -0.3 is 5.73 Å². The summed E-state index contributed by atoms with van der Waals surface area (Å²) >= 11 is 1.68. The van der Waals surface area contributed by atoms with E-state index in [-0.39, 0.29) is 21.1 Å². The summed E-state index contributed by atoms with van der Waals surface area (Å²) in [6.07, 6.45) is -14.1. The molecule has 2 aromatic heterocycles. The molecule has 0 fully saturated rings. The maximum absolute atomic E-state index is 12.8. The number of nitrogens with two attached hydrogens (primary N) is 1. The molecule has 38 heavy (non-hydrogen) atoms. The van der Waals surface area contributed by atoms with E-state index in [0.29, 0.717) is 40.5 Å². The number of hydrogen-bond acceptors (Lipinski definition) is 10. The van der Waals surface area contributed by atoms with Crippen molar-refractivity contribution in [3.8, 4) is 10.8 Å². The van der Waals surface area contributed by atoms with Crippen molar-refractivity contribution in [1.29, 1.82) is 10.5 Å². The lowest BCUT2D eigenvalue weighted by molar-refractivity contribution is -0.143. The number of hydrogen-bond donors (Lipinski definition) is 2. The van der Waals surface area contributed by atoms with E-state index in [1.807, 2.05) is 5.32 Å². The van der Waals surface area contributed by atoms with Gasteiger partial charge in [-0.1, -0.05) is 28.7 Å². The van der Waals surface area contributed by atoms with Gasteiger partial charge in [-0.2, -0.15) is 50.0 Å². The van der Waals surface area contributed by atoms with Crippen LogP contribution in [0.3, 0.4) is 0 Å². The van der Waals surface area contributed by atoms with Gasteiger partial charge >= 0.3 is 18.5 Å². The summed E-state index contributed by atoms with van der Waals surface area (Å²) in [6, 6.07) is 3.40. The topological polar surface area (TPSA) is 128 Å². The third-order valence-electron chi connectivity index (χ3n) is 3.69. The van der Waals surface area contributed by atoms with E-state index in [9.17, 15) is 44.3 Å². The van der Waals surface area contributed by atoms with E-state index in [1.54, 1.807) is 5.40 Å². The molecular formula is C18H7F9N6OS4. The molecule has 3 aromatic rings. The highest BCUT2D eigenvalue weighted by atomic mass is 32.2. The molecule has 3 rings (SSSR count). The zero-order valence-electron chi connectivity index (χ0n) is 17.6. The zero-order valence-corrected chi connectivity index (χ0v) is 20.9. The molecule has 0 aliphatic carbocycles. The number of halogens is 9. The van der Waals surface area contributed by atoms with E-state index >= 15 is 0 Å². The Morgan fingerprint density at radius 3 is 1.89 bits per heavy atom. The van der Waals surface area contributed by atoms with Crippen molar-refractivity contribution in [2.45, 2.75) is 26.9 Å². The quantitative estimate of drug-likeness (QED) is 0.176. The Hall–Kier alpha value is -3.20. The zero-order chi connectivity index (χ0) is 28.9. The van der Waals surface area contributed by atoms with E-state index in [4.69, 9.17) is 16.3 Å². The third-order valence-corrected chi connectivity index (χ3v) is 7.08. The van der Waals surface area contributed by atoms with E-state index < -0.39 is 56.3 Å². The van der Waals surface area contributed by atoms with Crippen LogP contribution in [0.2, 0.25) is 0 Å². The average molecular weight is 623 g/mol. The van der Waals surface area contributed by atoms with Crippen LogP contribution in [0.15, 0.2) is 32.7 Å². The molecule has 0 radical (unpaired) electrons. The first kappa shape index (κ1) is 31.0. The van der Waals surface area contributed by atoms with Crippen molar-refractivity contribution in [1.82, 2.24) is 9.97 Å². The van der Waals surface area contributed by atoms with Crippen molar-refractivity contribution in [3.63, 3.8) is 0 Å². The fourth-order valence-electron chi connectivity index (χ4n) is 2.27. The number of nitrogens with zero attached hydrogens (tertiary/aromatic N) is 4. The van der Waals surface area contributed by atoms with Crippen molar-refractivity contribution < 1.29 is 44.3 Å². The second kappa shape index (κ2) is 12.1. The molecular weight excluding hydrogens is 615 g/mol. The number of alkyl halides is 9. The number of thiazole rings is 2. The second-order valence-corrected chi connectivity index (χ2v) is 10.4. The maximum Gasteiger partial charge on any atom is 0.435 e. The molecule has 0 aliphatic heterocycles. The van der Waals surface area contributed by atoms with Gasteiger partial charge in [-0.3, -0.25) is 10.1 Å². The van der Waals surface area contributed by atoms with Gasteiger partial charge in [0.2, 0.25) is 0 Å². The highest BCUT2D eigenvalue weighted by Gasteiger charge is 2.39. The maximum atomic E-state index is 12.8. The van der Waals surface area contributed by atoms with Gasteiger partial charge in [-0.15, -0.1) is 0 Å². The molecule has 0 aliphatic rings. The lowest BCUT2D eigenvalue weighted by Crippen LogP contribution is -2.14. The van der Waals surface area contributed by atoms with Crippen LogP contribution in [0, 0.1) is 21.3 Å². The van der Waals surface area contributed by atoms with Gasteiger partial charge in [-0.05, 0) is 18.2 Å². The largest absolute Gasteiger partial charge is 0.435 e. The molecule has 2 heterocycles. The minimum absolute atomic E-state index is 0.190. The van der Waals surface area contributed by atoms with Crippen LogP contribution in [0.1, 0.15) is 27.3 Å². The molecule has 3 N–H and O–H groups in total. The second-order valence-electron chi connectivity index (χ2n) is 6.26. The number of thiocyanates is 2. The van der Waals surface area contributed by atoms with Crippen LogP contribution in [-0.4, -0.2) is 15.9 Å². The van der Waals surface area contributed by atoms with Crippen LogP contribution in [0.25, 0.3) is 0 Å². The Morgan fingerprint density at radius 2 is 1.39 bits per heavy atom. The van der Waals surface area contributed by atoms with Gasteiger partial charge in [0.05, 0.1) is 5.56 Å². The lowest BCUT2D eigenvalue weighted by atomic mass is 10.1. The van der Waals surface area contributed by atoms with Crippen molar-refractivity contribution in [2.75, 3.05) is 11.1 Å². The minimum atomic E-state index is -4.84. The molecule has 0 atom stereocenters. The Balaban J connectivity index is 0.000000328. The first-order valence-electron chi connectivity index (χ1n) is 8.99. The number of aromatic nitrogens is 2. The Bertz CT molecular complexity index is 1380. The van der Waals surface area contributed by atoms with Gasteiger partial charge in [0.25, 0.3) is 5.91 Å². The van der Waals surface area contributed by atoms with Crippen molar-refractivity contribution >= 4 is 62.4 Å². The number of benzene rings is 1. The Morgan fingerprint density at radius 1 is 0.868 bits per heavy atom. The summed E-state index contributed by atoms with van der Waals surface area (Å²) in [5.74, 6) is -1.05. The van der Waals surface area contributed by atoms with Crippen LogP contribution in [-0.2, 0) is 18.5 Å². The molecule has 20 heteroatoms. The predicted molar refractivity (Wildman–Crippen MR) is 121 cm³/mol. The van der Waals surface area contributed by atoms with E-state index in [1.165, 1.54) is 5.40 Å². The number of nitrogens with one attached hydrogen (secondary N) is 1. The first-order valence-corrected chi connectivity index (χ1v) is 12.3. The van der Waals surface area contributed by atoms with Crippen LogP contribution in [0.5, 0.6) is 0 Å². The molecule has 7 nitrogen and oxygen atoms in total. The van der Waals surface area contributed by atoms with E-state index in [2.05, 4.69) is 9.97 Å². The fourth-order valence-corrected chi connectivity index (χ4v) is 5.30. The van der Waals surface area contributed by atoms with Crippen molar-refractivity contribution in [2.24, 2.45) is 0 Å². The lowest BCUT2D eigenvalue weighted by Gasteiger charge is -2.08. The standard InChI is InChI=1S/C13H5F6N3OS2.C5H2F3N3S2/c14-12(15,16)7-3-1-2-6(4-7)9(23)22-11-21-8(13(17,18)19)10(25-11)24-5-20;6-5(7,8)2-3(12-1-9)13-4(10)11-2/h1-4H,(H,21,22,23);(H2,10,11). The van der Waals surface area contributed by atoms with Crippen LogP contribution in [0.4, 0.5) is 49.8 Å². The third kappa shape index (κ3) is 8.41. The fraction of sp³-hybridized carbons (Fsp3) is 0.167. The summed E-state index contributed by atoms with van der Waals surface area (Å²) < 4.78 is 112. The molecule has 202 valence electrons. The van der Waals surface area contributed by atoms with Gasteiger partial charge in [0.15, 0.2) is 21.7 Å². The number of carbonyl (C=O) groups excluding carboxylic acids is 1. The molecule has 0 unspecified atom stereocenters. The molecule has 1 aromatic carbocycles. The van der Waals surface area contributed by atoms with Gasteiger partial charge in [-0.25, -0.2) is 9.97 Å². The van der Waals surface area contributed by atoms with Gasteiger partial charge in [0, 0.05) is 29.1 Å². The number of thioether (sulfide) groups is 2. The Kier molecular flexibility index (Phi) is 9.88. The predicted octanol–water partition coefficient (Wildman–Crippen LogP) is 7.32. The SMILES string of the molecule is N#CSc1sc(N)nc1C(F)(F)F.N#CSc1sc(NC(=O)c2cccc(C(F)(F)F)c2)nc1C(F)(F)F. The Labute approximate surface area is 222 Å². The van der Waals surface area contributed by atoms with E-state index in [0.717, 1.165) is 18.2 Å². The summed E-state index contributed by atoms with van der Waals surface area (Å²) in [6.45, 7) is 0. The van der Waals surface area contributed by atoms with Gasteiger partial charge in [0.1, 0.15) is 19.2 Å². The molecule has 0 saturated carbocycles. The van der Waals surface area contributed by atoms with Crippen LogP contribution < -0.4 is 11.1 Å². The number of nitriles is 2. The number of amides is 1. The molecule has 0 spiro atoms. The number of carbonyl (C=O) groups is 1. The van der Waals surface area contributed by atoms with Crippen molar-refractivity contribution in [3.05, 3.63) is 46.8 Å². The number of anilines is 2. The number of rotatable bonds is 4. The van der Waals surface area contributed by atoms with Crippen LogP contribution >= 0.6 is 46.2 Å². The highest BCUT2D eigenvalue weighted by molar-refractivity contribution is 8.05. The summed E-state index contributed by atoms with van der Waals surface area (Å²) in [4.78, 5) is 18.3. The summed E-state index contributed by atoms with van der Waals surface area (Å²) in [7, 11) is 0.